The number of ether oxygens (including phenoxy) is 2. The quantitative estimate of drug-likeness (QED) is 0.875. The number of para-hydroxylation sites is 1. The lowest BCUT2D eigenvalue weighted by atomic mass is 9.95. The van der Waals surface area contributed by atoms with E-state index in [0.29, 0.717) is 19.1 Å². The highest BCUT2D eigenvalue weighted by Gasteiger charge is 2.26. The molecule has 2 atom stereocenters. The van der Waals surface area contributed by atoms with Crippen molar-refractivity contribution < 1.29 is 14.3 Å². The van der Waals surface area contributed by atoms with Gasteiger partial charge in [-0.3, -0.25) is 4.79 Å². The summed E-state index contributed by atoms with van der Waals surface area (Å²) >= 11 is 0. The van der Waals surface area contributed by atoms with Crippen LogP contribution >= 0.6 is 0 Å². The van der Waals surface area contributed by atoms with E-state index in [4.69, 9.17) is 9.47 Å². The Hall–Kier alpha value is -1.55. The van der Waals surface area contributed by atoms with Gasteiger partial charge in [-0.2, -0.15) is 0 Å². The van der Waals surface area contributed by atoms with Gasteiger partial charge in [-0.25, -0.2) is 0 Å². The summed E-state index contributed by atoms with van der Waals surface area (Å²) < 4.78 is 10.7. The van der Waals surface area contributed by atoms with Crippen molar-refractivity contribution in [2.75, 3.05) is 20.3 Å². The van der Waals surface area contributed by atoms with Crippen LogP contribution in [-0.2, 0) is 16.0 Å². The molecule has 4 nitrogen and oxygen atoms in total. The van der Waals surface area contributed by atoms with Gasteiger partial charge in [0.1, 0.15) is 5.75 Å². The van der Waals surface area contributed by atoms with Crippen LogP contribution in [0.5, 0.6) is 5.75 Å². The Labute approximate surface area is 126 Å². The zero-order valence-corrected chi connectivity index (χ0v) is 13.1. The van der Waals surface area contributed by atoms with Gasteiger partial charge >= 0.3 is 0 Å². The van der Waals surface area contributed by atoms with Crippen molar-refractivity contribution in [1.82, 2.24) is 5.32 Å². The summed E-state index contributed by atoms with van der Waals surface area (Å²) in [6, 6.07) is 8.08. The normalized spacial score (nSPS) is 19.5. The van der Waals surface area contributed by atoms with Crippen LogP contribution < -0.4 is 10.1 Å². The zero-order valence-electron chi connectivity index (χ0n) is 13.1. The van der Waals surface area contributed by atoms with Gasteiger partial charge in [0.05, 0.1) is 19.6 Å². The molecule has 0 bridgehead atoms. The van der Waals surface area contributed by atoms with Gasteiger partial charge in [-0.05, 0) is 30.4 Å². The highest BCUT2D eigenvalue weighted by Crippen LogP contribution is 2.22. The molecule has 0 aromatic heterocycles. The molecule has 2 rings (SSSR count). The number of nitrogens with one attached hydrogen (secondary N) is 1. The summed E-state index contributed by atoms with van der Waals surface area (Å²) in [5.74, 6) is 1.35. The van der Waals surface area contributed by atoms with Crippen molar-refractivity contribution in [2.24, 2.45) is 11.8 Å². The molecule has 0 spiro atoms. The lowest BCUT2D eigenvalue weighted by Gasteiger charge is -2.24. The molecule has 1 aromatic carbocycles. The molecule has 4 heteroatoms. The van der Waals surface area contributed by atoms with E-state index < -0.39 is 0 Å². The van der Waals surface area contributed by atoms with Crippen LogP contribution in [0.3, 0.4) is 0 Å². The Morgan fingerprint density at radius 1 is 1.43 bits per heavy atom. The van der Waals surface area contributed by atoms with Crippen molar-refractivity contribution in [2.45, 2.75) is 32.7 Å². The lowest BCUT2D eigenvalue weighted by Crippen LogP contribution is -2.43. The monoisotopic (exact) mass is 291 g/mol. The Kier molecular flexibility index (Phi) is 5.62. The molecule has 1 fully saturated rings. The maximum atomic E-state index is 12.3. The van der Waals surface area contributed by atoms with Crippen molar-refractivity contribution in [3.63, 3.8) is 0 Å². The van der Waals surface area contributed by atoms with Gasteiger partial charge in [0.25, 0.3) is 0 Å². The third kappa shape index (κ3) is 4.21. The van der Waals surface area contributed by atoms with Crippen LogP contribution in [0.2, 0.25) is 0 Å². The summed E-state index contributed by atoms with van der Waals surface area (Å²) in [6.07, 6.45) is 1.60. The number of benzene rings is 1. The van der Waals surface area contributed by atoms with E-state index in [0.717, 1.165) is 24.2 Å². The third-order valence-corrected chi connectivity index (χ3v) is 4.07. The molecule has 1 aromatic rings. The number of carbonyl (C=O) groups excluding carboxylic acids is 1. The largest absolute Gasteiger partial charge is 0.496 e. The molecule has 0 unspecified atom stereocenters. The summed E-state index contributed by atoms with van der Waals surface area (Å²) in [6.45, 7) is 5.50. The van der Waals surface area contributed by atoms with E-state index in [2.05, 4.69) is 25.2 Å². The first-order valence-electron chi connectivity index (χ1n) is 7.61. The summed E-state index contributed by atoms with van der Waals surface area (Å²) in [5.41, 5.74) is 1.13. The zero-order chi connectivity index (χ0) is 15.2. The molecule has 1 aliphatic heterocycles. The highest BCUT2D eigenvalue weighted by molar-refractivity contribution is 5.79. The Morgan fingerprint density at radius 2 is 2.19 bits per heavy atom. The van der Waals surface area contributed by atoms with Crippen molar-refractivity contribution in [3.8, 4) is 5.75 Å². The van der Waals surface area contributed by atoms with Crippen LogP contribution in [0.15, 0.2) is 24.3 Å². The fourth-order valence-electron chi connectivity index (χ4n) is 2.60. The van der Waals surface area contributed by atoms with Crippen LogP contribution in [0.1, 0.15) is 25.8 Å². The lowest BCUT2D eigenvalue weighted by molar-refractivity contribution is -0.126. The van der Waals surface area contributed by atoms with E-state index in [1.807, 2.05) is 18.2 Å². The molecule has 1 saturated heterocycles. The van der Waals surface area contributed by atoms with Gasteiger partial charge < -0.3 is 14.8 Å². The Balaban J connectivity index is 2.03. The minimum atomic E-state index is 0.00363. The van der Waals surface area contributed by atoms with E-state index >= 15 is 0 Å². The maximum Gasteiger partial charge on any atom is 0.225 e. The second kappa shape index (κ2) is 7.46. The van der Waals surface area contributed by atoms with Gasteiger partial charge in [0.15, 0.2) is 0 Å². The minimum Gasteiger partial charge on any atom is -0.496 e. The molecule has 21 heavy (non-hydrogen) atoms. The number of hydrogen-bond acceptors (Lipinski definition) is 3. The number of carbonyl (C=O) groups is 1. The molecule has 1 heterocycles. The molecular formula is C17H25NO3. The molecule has 1 amide bonds. The molecular weight excluding hydrogens is 266 g/mol. The molecule has 0 aliphatic carbocycles. The fourth-order valence-corrected chi connectivity index (χ4v) is 2.60. The Morgan fingerprint density at radius 3 is 2.81 bits per heavy atom. The maximum absolute atomic E-state index is 12.3. The van der Waals surface area contributed by atoms with Crippen molar-refractivity contribution in [1.29, 1.82) is 0 Å². The van der Waals surface area contributed by atoms with E-state index in [1.54, 1.807) is 7.11 Å². The first-order chi connectivity index (χ1) is 10.1. The van der Waals surface area contributed by atoms with Crippen molar-refractivity contribution in [3.05, 3.63) is 29.8 Å². The Bertz CT molecular complexity index is 467. The summed E-state index contributed by atoms with van der Waals surface area (Å²) in [4.78, 5) is 12.3. The fraction of sp³-hybridized carbons (Fsp3) is 0.588. The third-order valence-electron chi connectivity index (χ3n) is 4.07. The predicted molar refractivity (Wildman–Crippen MR) is 82.4 cm³/mol. The molecule has 0 radical (unpaired) electrons. The van der Waals surface area contributed by atoms with E-state index in [1.165, 1.54) is 0 Å². The topological polar surface area (TPSA) is 47.6 Å². The first-order valence-corrected chi connectivity index (χ1v) is 7.61. The molecule has 1 N–H and O–H groups in total. The average Bonchev–Trinajstić information content (AvgIpc) is 3.01. The van der Waals surface area contributed by atoms with E-state index in [-0.39, 0.29) is 17.9 Å². The van der Waals surface area contributed by atoms with Crippen LogP contribution in [0, 0.1) is 11.8 Å². The standard InChI is InChI=1S/C17H25NO3/c1-12(2)15(18-17(19)14-8-9-21-11-14)10-13-6-4-5-7-16(13)20-3/h4-7,12,14-15H,8-11H2,1-3H3,(H,18,19)/t14-,15+/m0/s1. The number of amides is 1. The number of methoxy groups -OCH3 is 1. The van der Waals surface area contributed by atoms with Crippen molar-refractivity contribution >= 4 is 5.91 Å². The molecule has 116 valence electrons. The first kappa shape index (κ1) is 15.8. The number of rotatable bonds is 6. The second-order valence-electron chi connectivity index (χ2n) is 5.94. The smallest absolute Gasteiger partial charge is 0.225 e. The predicted octanol–water partition coefficient (Wildman–Crippen LogP) is 2.42. The van der Waals surface area contributed by atoms with Crippen LogP contribution in [0.25, 0.3) is 0 Å². The van der Waals surface area contributed by atoms with Gasteiger partial charge in [-0.15, -0.1) is 0 Å². The average molecular weight is 291 g/mol. The number of hydrogen-bond donors (Lipinski definition) is 1. The van der Waals surface area contributed by atoms with Gasteiger partial charge in [0.2, 0.25) is 5.91 Å². The SMILES string of the molecule is COc1ccccc1C[C@@H](NC(=O)[C@H]1CCOC1)C(C)C. The van der Waals surface area contributed by atoms with Gasteiger partial charge in [0, 0.05) is 12.6 Å². The van der Waals surface area contributed by atoms with E-state index in [9.17, 15) is 4.79 Å². The van der Waals surface area contributed by atoms with Crippen LogP contribution in [0.4, 0.5) is 0 Å². The van der Waals surface area contributed by atoms with Gasteiger partial charge in [-0.1, -0.05) is 32.0 Å². The second-order valence-corrected chi connectivity index (χ2v) is 5.94. The molecule has 0 saturated carbocycles. The van der Waals surface area contributed by atoms with Crippen LogP contribution in [-0.4, -0.2) is 32.3 Å². The summed E-state index contributed by atoms with van der Waals surface area (Å²) in [7, 11) is 1.68. The molecule has 1 aliphatic rings. The minimum absolute atomic E-state index is 0.00363. The summed E-state index contributed by atoms with van der Waals surface area (Å²) in [5, 5.41) is 3.18. The highest BCUT2D eigenvalue weighted by atomic mass is 16.5.